The van der Waals surface area contributed by atoms with Crippen molar-refractivity contribution in [2.45, 2.75) is 37.4 Å². The lowest BCUT2D eigenvalue weighted by molar-refractivity contribution is 0.100. The predicted octanol–water partition coefficient (Wildman–Crippen LogP) is 4.14. The molecule has 1 saturated heterocycles. The van der Waals surface area contributed by atoms with Crippen LogP contribution in [0.4, 0.5) is 4.39 Å². The molecular weight excluding hydrogens is 391 g/mol. The van der Waals surface area contributed by atoms with Crippen LogP contribution < -0.4 is 5.73 Å². The number of H-pyrrole nitrogens is 1. The summed E-state index contributed by atoms with van der Waals surface area (Å²) in [6, 6.07) is 9.71. The maximum absolute atomic E-state index is 13.3. The molecule has 0 spiro atoms. The number of nitrogens with two attached hydrogens (primary N) is 1. The Morgan fingerprint density at radius 2 is 1.86 bits per heavy atom. The van der Waals surface area contributed by atoms with E-state index in [0.29, 0.717) is 23.9 Å². The summed E-state index contributed by atoms with van der Waals surface area (Å²) < 4.78 is 37.3. The van der Waals surface area contributed by atoms with Crippen molar-refractivity contribution in [2.24, 2.45) is 5.73 Å². The molecule has 1 aliphatic heterocycles. The molecule has 29 heavy (non-hydrogen) atoms. The SMILES string of the molecule is CC1(C)C[C@H](c2c[nH]c3c(C(N)=O)cc(-c4ccc(F)cc4)cc23)CCS1(=O)=O. The Balaban J connectivity index is 1.86. The van der Waals surface area contributed by atoms with Crippen molar-refractivity contribution in [3.8, 4) is 11.1 Å². The van der Waals surface area contributed by atoms with Crippen molar-refractivity contribution in [3.63, 3.8) is 0 Å². The van der Waals surface area contributed by atoms with Crippen LogP contribution in [0.5, 0.6) is 0 Å². The van der Waals surface area contributed by atoms with Crippen LogP contribution in [0.3, 0.4) is 0 Å². The molecule has 3 N–H and O–H groups in total. The lowest BCUT2D eigenvalue weighted by Gasteiger charge is -2.34. The number of hydrogen-bond acceptors (Lipinski definition) is 3. The first-order chi connectivity index (χ1) is 13.6. The van der Waals surface area contributed by atoms with Gasteiger partial charge in [-0.3, -0.25) is 4.79 Å². The molecule has 0 saturated carbocycles. The molecule has 5 nitrogen and oxygen atoms in total. The van der Waals surface area contributed by atoms with E-state index in [1.54, 1.807) is 32.0 Å². The van der Waals surface area contributed by atoms with Crippen LogP contribution in [0.15, 0.2) is 42.6 Å². The minimum Gasteiger partial charge on any atom is -0.366 e. The number of primary amides is 1. The van der Waals surface area contributed by atoms with Crippen LogP contribution in [0.25, 0.3) is 22.0 Å². The smallest absolute Gasteiger partial charge is 0.250 e. The number of carbonyl (C=O) groups excluding carboxylic acids is 1. The number of aromatic nitrogens is 1. The standard InChI is InChI=1S/C22H23FN2O3S/c1-22(2)11-14(7-8-29(22,27)28)19-12-25-20-17(19)9-15(10-18(20)21(24)26)13-3-5-16(23)6-4-13/h3-6,9-10,12,14,25H,7-8,11H2,1-2H3,(H2,24,26)/t14-/m1/s1. The third kappa shape index (κ3) is 3.33. The Kier molecular flexibility index (Phi) is 4.53. The Labute approximate surface area is 169 Å². The van der Waals surface area contributed by atoms with Crippen LogP contribution in [0, 0.1) is 5.82 Å². The molecule has 0 unspecified atom stereocenters. The van der Waals surface area contributed by atoms with Crippen molar-refractivity contribution in [1.29, 1.82) is 0 Å². The summed E-state index contributed by atoms with van der Waals surface area (Å²) in [6.07, 6.45) is 2.89. The van der Waals surface area contributed by atoms with Crippen LogP contribution in [-0.2, 0) is 9.84 Å². The number of nitrogens with one attached hydrogen (secondary N) is 1. The summed E-state index contributed by atoms with van der Waals surface area (Å²) >= 11 is 0. The van der Waals surface area contributed by atoms with Gasteiger partial charge in [-0.2, -0.15) is 0 Å². The van der Waals surface area contributed by atoms with Crippen molar-refractivity contribution in [1.82, 2.24) is 4.98 Å². The van der Waals surface area contributed by atoms with Crippen LogP contribution in [0.2, 0.25) is 0 Å². The van der Waals surface area contributed by atoms with Crippen molar-refractivity contribution in [2.75, 3.05) is 5.75 Å². The number of sulfone groups is 1. The van der Waals surface area contributed by atoms with Crippen molar-refractivity contribution < 1.29 is 17.6 Å². The average molecular weight is 415 g/mol. The van der Waals surface area contributed by atoms with Gasteiger partial charge in [-0.1, -0.05) is 12.1 Å². The molecule has 3 aromatic rings. The van der Waals surface area contributed by atoms with Gasteiger partial charge in [0.15, 0.2) is 9.84 Å². The lowest BCUT2D eigenvalue weighted by atomic mass is 9.86. The summed E-state index contributed by atoms with van der Waals surface area (Å²) in [4.78, 5) is 15.3. The van der Waals surface area contributed by atoms with E-state index in [4.69, 9.17) is 5.73 Å². The zero-order valence-corrected chi connectivity index (χ0v) is 17.1. The van der Waals surface area contributed by atoms with Crippen LogP contribution >= 0.6 is 0 Å². The van der Waals surface area contributed by atoms with Gasteiger partial charge in [0.2, 0.25) is 0 Å². The number of benzene rings is 2. The van der Waals surface area contributed by atoms with E-state index in [0.717, 1.165) is 22.1 Å². The van der Waals surface area contributed by atoms with E-state index in [1.165, 1.54) is 12.1 Å². The van der Waals surface area contributed by atoms with Gasteiger partial charge in [-0.25, -0.2) is 12.8 Å². The van der Waals surface area contributed by atoms with Gasteiger partial charge in [0.1, 0.15) is 5.82 Å². The van der Waals surface area contributed by atoms with E-state index in [-0.39, 0.29) is 17.5 Å². The maximum atomic E-state index is 13.3. The number of amides is 1. The number of hydrogen-bond donors (Lipinski definition) is 2. The van der Waals surface area contributed by atoms with Crippen LogP contribution in [0.1, 0.15) is 48.5 Å². The lowest BCUT2D eigenvalue weighted by Crippen LogP contribution is -2.40. The van der Waals surface area contributed by atoms with Gasteiger partial charge in [0.05, 0.1) is 21.6 Å². The van der Waals surface area contributed by atoms with E-state index in [1.807, 2.05) is 12.3 Å². The highest BCUT2D eigenvalue weighted by molar-refractivity contribution is 7.92. The number of halogens is 1. The summed E-state index contributed by atoms with van der Waals surface area (Å²) in [5.41, 5.74) is 9.13. The second-order valence-corrected chi connectivity index (χ2v) is 11.1. The third-order valence-electron chi connectivity index (χ3n) is 6.02. The van der Waals surface area contributed by atoms with Gasteiger partial charge in [-0.15, -0.1) is 0 Å². The fraction of sp³-hybridized carbons (Fsp3) is 0.318. The van der Waals surface area contributed by atoms with Gasteiger partial charge in [0, 0.05) is 11.6 Å². The third-order valence-corrected chi connectivity index (χ3v) is 8.64. The monoisotopic (exact) mass is 414 g/mol. The largest absolute Gasteiger partial charge is 0.366 e. The van der Waals surface area contributed by atoms with Gasteiger partial charge < -0.3 is 10.7 Å². The van der Waals surface area contributed by atoms with Gasteiger partial charge in [0.25, 0.3) is 5.91 Å². The fourth-order valence-electron chi connectivity index (χ4n) is 4.26. The van der Waals surface area contributed by atoms with Gasteiger partial charge >= 0.3 is 0 Å². The first kappa shape index (κ1) is 19.6. The number of rotatable bonds is 3. The molecule has 2 aromatic carbocycles. The molecule has 152 valence electrons. The van der Waals surface area contributed by atoms with E-state index >= 15 is 0 Å². The normalized spacial score (nSPS) is 20.6. The van der Waals surface area contributed by atoms with E-state index < -0.39 is 20.5 Å². The second kappa shape index (κ2) is 6.69. The molecule has 1 atom stereocenters. The molecule has 2 heterocycles. The molecule has 1 aliphatic rings. The molecule has 7 heteroatoms. The molecule has 0 radical (unpaired) electrons. The minimum atomic E-state index is -3.13. The van der Waals surface area contributed by atoms with E-state index in [2.05, 4.69) is 4.98 Å². The predicted molar refractivity (Wildman–Crippen MR) is 112 cm³/mol. The maximum Gasteiger partial charge on any atom is 0.250 e. The highest BCUT2D eigenvalue weighted by Gasteiger charge is 2.41. The Hall–Kier alpha value is -2.67. The molecular formula is C22H23FN2O3S. The summed E-state index contributed by atoms with van der Waals surface area (Å²) in [5.74, 6) is -0.708. The number of aromatic amines is 1. The summed E-state index contributed by atoms with van der Waals surface area (Å²) in [7, 11) is -3.13. The molecule has 1 aromatic heterocycles. The Morgan fingerprint density at radius 1 is 1.17 bits per heavy atom. The molecule has 1 amide bonds. The Bertz CT molecular complexity index is 1210. The zero-order valence-electron chi connectivity index (χ0n) is 16.3. The zero-order chi connectivity index (χ0) is 21.0. The van der Waals surface area contributed by atoms with Crippen molar-refractivity contribution >= 4 is 26.6 Å². The quantitative estimate of drug-likeness (QED) is 0.674. The second-order valence-electron chi connectivity index (χ2n) is 8.33. The first-order valence-corrected chi connectivity index (χ1v) is 11.2. The van der Waals surface area contributed by atoms with Crippen molar-refractivity contribution in [3.05, 3.63) is 59.5 Å². The van der Waals surface area contributed by atoms with Crippen LogP contribution in [-0.4, -0.2) is 29.8 Å². The Morgan fingerprint density at radius 3 is 2.48 bits per heavy atom. The fourth-order valence-corrected chi connectivity index (χ4v) is 5.86. The number of fused-ring (bicyclic) bond motifs is 1. The molecule has 0 aliphatic carbocycles. The highest BCUT2D eigenvalue weighted by Crippen LogP contribution is 2.42. The minimum absolute atomic E-state index is 0.0477. The summed E-state index contributed by atoms with van der Waals surface area (Å²) in [6.45, 7) is 3.53. The average Bonchev–Trinajstić information content (AvgIpc) is 3.07. The molecule has 0 bridgehead atoms. The summed E-state index contributed by atoms with van der Waals surface area (Å²) in [5, 5.41) is 0.848. The molecule has 1 fully saturated rings. The highest BCUT2D eigenvalue weighted by atomic mass is 32.2. The number of carbonyl (C=O) groups is 1. The molecule has 4 rings (SSSR count). The van der Waals surface area contributed by atoms with Gasteiger partial charge in [-0.05, 0) is 73.6 Å². The van der Waals surface area contributed by atoms with E-state index in [9.17, 15) is 17.6 Å². The topological polar surface area (TPSA) is 93.0 Å². The first-order valence-electron chi connectivity index (χ1n) is 9.52.